The van der Waals surface area contributed by atoms with E-state index in [1.807, 2.05) is 4.90 Å². The van der Waals surface area contributed by atoms with Crippen LogP contribution in [0, 0.1) is 10.1 Å². The van der Waals surface area contributed by atoms with Gasteiger partial charge in [-0.1, -0.05) is 0 Å². The zero-order chi connectivity index (χ0) is 16.8. The van der Waals surface area contributed by atoms with Gasteiger partial charge in [-0.3, -0.25) is 24.6 Å². The van der Waals surface area contributed by atoms with Gasteiger partial charge in [-0.25, -0.2) is 5.43 Å². The zero-order valence-electron chi connectivity index (χ0n) is 12.6. The predicted octanol–water partition coefficient (Wildman–Crippen LogP) is -0.198. The van der Waals surface area contributed by atoms with Crippen LogP contribution in [0.4, 0.5) is 5.88 Å². The summed E-state index contributed by atoms with van der Waals surface area (Å²) in [5.74, 6) is -0.488. The van der Waals surface area contributed by atoms with Crippen molar-refractivity contribution in [2.75, 3.05) is 32.7 Å². The molecule has 1 fully saturated rings. The van der Waals surface area contributed by atoms with Crippen molar-refractivity contribution < 1.29 is 18.9 Å². The van der Waals surface area contributed by atoms with Gasteiger partial charge in [-0.15, -0.1) is 0 Å². The number of hydrazone groups is 1. The molecule has 0 saturated carbocycles. The number of amides is 2. The van der Waals surface area contributed by atoms with E-state index in [0.29, 0.717) is 26.2 Å². The molecule has 10 heteroatoms. The highest BCUT2D eigenvalue weighted by Gasteiger charge is 2.20. The van der Waals surface area contributed by atoms with Crippen molar-refractivity contribution in [1.82, 2.24) is 15.2 Å². The van der Waals surface area contributed by atoms with E-state index in [1.54, 1.807) is 4.90 Å². The maximum atomic E-state index is 11.7. The largest absolute Gasteiger partial charge is 0.433 e. The number of hydrogen-bond acceptors (Lipinski definition) is 7. The highest BCUT2D eigenvalue weighted by Crippen LogP contribution is 2.13. The Morgan fingerprint density at radius 1 is 1.39 bits per heavy atom. The van der Waals surface area contributed by atoms with Gasteiger partial charge >= 0.3 is 5.88 Å². The Kier molecular flexibility index (Phi) is 5.41. The van der Waals surface area contributed by atoms with E-state index in [2.05, 4.69) is 10.5 Å². The maximum Gasteiger partial charge on any atom is 0.433 e. The number of carbonyl (C=O) groups excluding carboxylic acids is 2. The van der Waals surface area contributed by atoms with Crippen molar-refractivity contribution in [1.29, 1.82) is 0 Å². The van der Waals surface area contributed by atoms with E-state index in [0.717, 1.165) is 0 Å². The van der Waals surface area contributed by atoms with E-state index in [4.69, 9.17) is 4.42 Å². The number of rotatable bonds is 5. The molecule has 2 amide bonds. The van der Waals surface area contributed by atoms with Gasteiger partial charge < -0.3 is 9.32 Å². The van der Waals surface area contributed by atoms with Crippen LogP contribution in [-0.4, -0.2) is 65.5 Å². The summed E-state index contributed by atoms with van der Waals surface area (Å²) in [6.07, 6.45) is 1.19. The molecule has 1 aliphatic rings. The summed E-state index contributed by atoms with van der Waals surface area (Å²) >= 11 is 0. The fourth-order valence-electron chi connectivity index (χ4n) is 2.14. The minimum atomic E-state index is -0.656. The lowest BCUT2D eigenvalue weighted by molar-refractivity contribution is -0.402. The van der Waals surface area contributed by atoms with E-state index in [9.17, 15) is 19.7 Å². The van der Waals surface area contributed by atoms with Gasteiger partial charge in [0, 0.05) is 33.1 Å². The van der Waals surface area contributed by atoms with Gasteiger partial charge in [0.15, 0.2) is 5.76 Å². The maximum absolute atomic E-state index is 11.7. The molecule has 0 aromatic carbocycles. The van der Waals surface area contributed by atoms with Crippen LogP contribution in [-0.2, 0) is 9.59 Å². The van der Waals surface area contributed by atoms with Crippen molar-refractivity contribution >= 4 is 23.9 Å². The lowest BCUT2D eigenvalue weighted by Crippen LogP contribution is -2.50. The number of furan rings is 1. The molecular weight excluding hydrogens is 306 g/mol. The Balaban J connectivity index is 1.73. The van der Waals surface area contributed by atoms with Crippen LogP contribution in [0.1, 0.15) is 12.7 Å². The molecule has 0 radical (unpaired) electrons. The first kappa shape index (κ1) is 16.6. The molecule has 0 atom stereocenters. The topological polar surface area (TPSA) is 121 Å². The molecule has 0 unspecified atom stereocenters. The molecule has 1 N–H and O–H groups in total. The van der Waals surface area contributed by atoms with E-state index in [1.165, 1.54) is 25.3 Å². The number of nitrogens with one attached hydrogen (secondary N) is 1. The molecule has 0 aliphatic carbocycles. The second kappa shape index (κ2) is 7.49. The molecule has 124 valence electrons. The molecule has 1 aromatic rings. The summed E-state index contributed by atoms with van der Waals surface area (Å²) in [7, 11) is 0. The first-order valence-electron chi connectivity index (χ1n) is 6.99. The summed E-state index contributed by atoms with van der Waals surface area (Å²) in [4.78, 5) is 36.4. The fraction of sp³-hybridized carbons (Fsp3) is 0.462. The van der Waals surface area contributed by atoms with E-state index >= 15 is 0 Å². The monoisotopic (exact) mass is 323 g/mol. The average Bonchev–Trinajstić information content (AvgIpc) is 2.97. The molecule has 2 rings (SSSR count). The van der Waals surface area contributed by atoms with Gasteiger partial charge in [0.1, 0.15) is 4.92 Å². The second-order valence-electron chi connectivity index (χ2n) is 5.01. The standard InChI is InChI=1S/C13H17N5O5/c1-10(19)17-6-4-16(5-7-17)9-12(20)15-14-8-11-2-3-13(23-11)18(21)22/h2-3,8H,4-7,9H2,1H3,(H,15,20)/b14-8-. The van der Waals surface area contributed by atoms with Gasteiger partial charge in [-0.2, -0.15) is 5.10 Å². The van der Waals surface area contributed by atoms with Crippen LogP contribution in [0.15, 0.2) is 21.7 Å². The van der Waals surface area contributed by atoms with Crippen LogP contribution >= 0.6 is 0 Å². The summed E-state index contributed by atoms with van der Waals surface area (Å²) < 4.78 is 4.86. The van der Waals surface area contributed by atoms with Crippen LogP contribution in [0.25, 0.3) is 0 Å². The van der Waals surface area contributed by atoms with E-state index in [-0.39, 0.29) is 30.0 Å². The van der Waals surface area contributed by atoms with Crippen molar-refractivity contribution in [2.45, 2.75) is 6.92 Å². The molecule has 2 heterocycles. The van der Waals surface area contributed by atoms with Crippen LogP contribution in [0.3, 0.4) is 0 Å². The van der Waals surface area contributed by atoms with Crippen LogP contribution in [0.2, 0.25) is 0 Å². The Bertz CT molecular complexity index is 618. The third-order valence-corrected chi connectivity index (χ3v) is 3.36. The molecule has 10 nitrogen and oxygen atoms in total. The molecule has 0 bridgehead atoms. The quantitative estimate of drug-likeness (QED) is 0.455. The smallest absolute Gasteiger partial charge is 0.400 e. The summed E-state index contributed by atoms with van der Waals surface area (Å²) in [6.45, 7) is 4.14. The van der Waals surface area contributed by atoms with Crippen molar-refractivity contribution in [3.8, 4) is 0 Å². The van der Waals surface area contributed by atoms with Gasteiger partial charge in [0.05, 0.1) is 18.8 Å². The normalized spacial score (nSPS) is 15.8. The zero-order valence-corrected chi connectivity index (χ0v) is 12.6. The van der Waals surface area contributed by atoms with Crippen molar-refractivity contribution in [3.63, 3.8) is 0 Å². The average molecular weight is 323 g/mol. The molecular formula is C13H17N5O5. The molecule has 23 heavy (non-hydrogen) atoms. The molecule has 0 spiro atoms. The summed E-state index contributed by atoms with van der Waals surface area (Å²) in [5, 5.41) is 14.1. The number of hydrogen-bond donors (Lipinski definition) is 1. The molecule has 1 aliphatic heterocycles. The summed E-state index contributed by atoms with van der Waals surface area (Å²) in [5.41, 5.74) is 2.33. The Hall–Kier alpha value is -2.75. The summed E-state index contributed by atoms with van der Waals surface area (Å²) in [6, 6.07) is 2.59. The van der Waals surface area contributed by atoms with Gasteiger partial charge in [0.25, 0.3) is 5.91 Å². The molecule has 1 aromatic heterocycles. The minimum absolute atomic E-state index is 0.0336. The fourth-order valence-corrected chi connectivity index (χ4v) is 2.14. The Morgan fingerprint density at radius 3 is 2.65 bits per heavy atom. The highest BCUT2D eigenvalue weighted by atomic mass is 16.6. The third kappa shape index (κ3) is 4.88. The van der Waals surface area contributed by atoms with Gasteiger partial charge in [0.2, 0.25) is 5.91 Å². The first-order valence-corrected chi connectivity index (χ1v) is 6.99. The number of piperazine rings is 1. The number of nitro groups is 1. The van der Waals surface area contributed by atoms with Crippen molar-refractivity contribution in [3.05, 3.63) is 28.0 Å². The minimum Gasteiger partial charge on any atom is -0.400 e. The Labute approximate surface area is 131 Å². The third-order valence-electron chi connectivity index (χ3n) is 3.36. The predicted molar refractivity (Wildman–Crippen MR) is 79.8 cm³/mol. The second-order valence-corrected chi connectivity index (χ2v) is 5.01. The lowest BCUT2D eigenvalue weighted by Gasteiger charge is -2.33. The first-order chi connectivity index (χ1) is 11.0. The Morgan fingerprint density at radius 2 is 2.09 bits per heavy atom. The molecule has 1 saturated heterocycles. The van der Waals surface area contributed by atoms with Crippen molar-refractivity contribution in [2.24, 2.45) is 5.10 Å². The van der Waals surface area contributed by atoms with Crippen LogP contribution < -0.4 is 5.43 Å². The number of nitrogens with zero attached hydrogens (tertiary/aromatic N) is 4. The number of carbonyl (C=O) groups is 2. The SMILES string of the molecule is CC(=O)N1CCN(CC(=O)N/N=C\c2ccc([N+](=O)[O-])o2)CC1. The lowest BCUT2D eigenvalue weighted by atomic mass is 10.3. The highest BCUT2D eigenvalue weighted by molar-refractivity contribution is 5.81. The van der Waals surface area contributed by atoms with Gasteiger partial charge in [-0.05, 0) is 6.07 Å². The van der Waals surface area contributed by atoms with Crippen LogP contribution in [0.5, 0.6) is 0 Å². The van der Waals surface area contributed by atoms with E-state index < -0.39 is 4.92 Å².